The standard InChI is InChI=1S/C4H7.C3H8O.Na/c1-3-4-2;1-2-3-4;/h3-4H,1H2,2H3;4H,2-3H2,1H3;/q-1;;+1. The number of hydrogen-bond donors (Lipinski definition) is 1. The number of aliphatic hydroxyl groups is 1. The normalized spacial score (nSPS) is 7.44. The molecule has 0 atom stereocenters. The van der Waals surface area contributed by atoms with Gasteiger partial charge in [-0.3, -0.25) is 0 Å². The molecule has 0 aliphatic carbocycles. The average Bonchev–Trinajstić information content (AvgIpc) is 1.88. The summed E-state index contributed by atoms with van der Waals surface area (Å²) in [6, 6.07) is 0. The third-order valence-corrected chi connectivity index (χ3v) is 0.459. The molecule has 0 aliphatic heterocycles. The van der Waals surface area contributed by atoms with Gasteiger partial charge in [-0.1, -0.05) is 6.92 Å². The van der Waals surface area contributed by atoms with Crippen molar-refractivity contribution < 1.29 is 34.7 Å². The van der Waals surface area contributed by atoms with Crippen molar-refractivity contribution in [3.8, 4) is 0 Å². The second-order valence-corrected chi connectivity index (χ2v) is 1.29. The summed E-state index contributed by atoms with van der Waals surface area (Å²) in [7, 11) is 0. The Morgan fingerprint density at radius 1 is 1.56 bits per heavy atom. The predicted molar refractivity (Wildman–Crippen MR) is 37.5 cm³/mol. The number of rotatable bonds is 1. The Hall–Kier alpha value is 0.570. The Morgan fingerprint density at radius 3 is 1.78 bits per heavy atom. The molecule has 0 spiro atoms. The average molecular weight is 138 g/mol. The first-order valence-corrected chi connectivity index (χ1v) is 2.84. The first-order valence-electron chi connectivity index (χ1n) is 2.84. The zero-order valence-corrected chi connectivity index (χ0v) is 8.72. The molecule has 9 heavy (non-hydrogen) atoms. The molecule has 1 nitrogen and oxygen atoms in total. The van der Waals surface area contributed by atoms with Crippen LogP contribution in [0.15, 0.2) is 12.2 Å². The molecular weight excluding hydrogens is 123 g/mol. The van der Waals surface area contributed by atoms with Crippen molar-refractivity contribution in [2.75, 3.05) is 6.61 Å². The van der Waals surface area contributed by atoms with E-state index in [1.165, 1.54) is 0 Å². The number of hydrogen-bond acceptors (Lipinski definition) is 1. The van der Waals surface area contributed by atoms with Crippen LogP contribution in [0.3, 0.4) is 0 Å². The molecule has 2 heteroatoms. The first-order chi connectivity index (χ1) is 3.83. The van der Waals surface area contributed by atoms with E-state index in [1.807, 2.05) is 19.9 Å². The molecular formula is C7H15NaO. The van der Waals surface area contributed by atoms with E-state index in [-0.39, 0.29) is 29.6 Å². The molecule has 0 aromatic heterocycles. The minimum Gasteiger partial charge on any atom is -0.396 e. The molecule has 0 unspecified atom stereocenters. The van der Waals surface area contributed by atoms with Crippen LogP contribution in [0.1, 0.15) is 20.3 Å². The number of aliphatic hydroxyl groups excluding tert-OH is 1. The van der Waals surface area contributed by atoms with Gasteiger partial charge in [0.25, 0.3) is 0 Å². The topological polar surface area (TPSA) is 20.2 Å². The molecule has 0 fully saturated rings. The van der Waals surface area contributed by atoms with Crippen molar-refractivity contribution in [1.82, 2.24) is 0 Å². The summed E-state index contributed by atoms with van der Waals surface area (Å²) in [4.78, 5) is 0. The summed E-state index contributed by atoms with van der Waals surface area (Å²) in [6.07, 6.45) is 4.51. The van der Waals surface area contributed by atoms with Crippen molar-refractivity contribution in [2.45, 2.75) is 20.3 Å². The van der Waals surface area contributed by atoms with Crippen LogP contribution < -0.4 is 29.6 Å². The van der Waals surface area contributed by atoms with Gasteiger partial charge in [-0.15, -0.1) is 6.92 Å². The fraction of sp³-hybridized carbons (Fsp3) is 0.571. The molecule has 0 aliphatic rings. The molecule has 0 rings (SSSR count). The van der Waals surface area contributed by atoms with Gasteiger partial charge in [0.15, 0.2) is 0 Å². The van der Waals surface area contributed by atoms with E-state index in [4.69, 9.17) is 5.11 Å². The monoisotopic (exact) mass is 138 g/mol. The summed E-state index contributed by atoms with van der Waals surface area (Å²) < 4.78 is 0. The smallest absolute Gasteiger partial charge is 0.396 e. The van der Waals surface area contributed by atoms with Crippen LogP contribution in [0.2, 0.25) is 0 Å². The van der Waals surface area contributed by atoms with Gasteiger partial charge in [0.1, 0.15) is 0 Å². The summed E-state index contributed by atoms with van der Waals surface area (Å²) in [5.41, 5.74) is 0. The van der Waals surface area contributed by atoms with Gasteiger partial charge in [0.05, 0.1) is 0 Å². The summed E-state index contributed by atoms with van der Waals surface area (Å²) in [5, 5.41) is 7.88. The molecule has 0 aromatic rings. The van der Waals surface area contributed by atoms with Crippen molar-refractivity contribution in [1.29, 1.82) is 0 Å². The van der Waals surface area contributed by atoms with Gasteiger partial charge in [0, 0.05) is 6.61 Å². The van der Waals surface area contributed by atoms with Crippen molar-refractivity contribution >= 4 is 0 Å². The Kier molecular flexibility index (Phi) is 42.5. The Morgan fingerprint density at radius 2 is 1.78 bits per heavy atom. The van der Waals surface area contributed by atoms with Gasteiger partial charge in [-0.05, 0) is 6.42 Å². The van der Waals surface area contributed by atoms with E-state index in [0.717, 1.165) is 6.42 Å². The van der Waals surface area contributed by atoms with Crippen molar-refractivity contribution in [3.05, 3.63) is 19.1 Å². The molecule has 0 saturated carbocycles. The molecule has 50 valence electrons. The van der Waals surface area contributed by atoms with Crippen LogP contribution >= 0.6 is 0 Å². The Bertz CT molecular complexity index is 38.2. The molecule has 0 amide bonds. The SMILES string of the molecule is CCCO.[CH2-]C=CC.[Na+]. The zero-order valence-electron chi connectivity index (χ0n) is 6.72. The third kappa shape index (κ3) is 56.0. The molecule has 0 radical (unpaired) electrons. The second-order valence-electron chi connectivity index (χ2n) is 1.29. The molecule has 1 N–H and O–H groups in total. The fourth-order valence-electron chi connectivity index (χ4n) is 0. The maximum atomic E-state index is 7.88. The molecule has 0 saturated heterocycles. The maximum absolute atomic E-state index is 7.88. The van der Waals surface area contributed by atoms with E-state index in [0.29, 0.717) is 6.61 Å². The van der Waals surface area contributed by atoms with Gasteiger partial charge in [0.2, 0.25) is 0 Å². The minimum absolute atomic E-state index is 0. The predicted octanol–water partition coefficient (Wildman–Crippen LogP) is -1.21. The van der Waals surface area contributed by atoms with Crippen molar-refractivity contribution in [2.24, 2.45) is 0 Å². The van der Waals surface area contributed by atoms with Gasteiger partial charge < -0.3 is 5.11 Å². The molecule has 0 heterocycles. The van der Waals surface area contributed by atoms with Crippen LogP contribution in [-0.2, 0) is 0 Å². The van der Waals surface area contributed by atoms with E-state index >= 15 is 0 Å². The first kappa shape index (κ1) is 16.3. The Balaban J connectivity index is -0.0000000720. The van der Waals surface area contributed by atoms with E-state index in [9.17, 15) is 0 Å². The van der Waals surface area contributed by atoms with Crippen LogP contribution in [0, 0.1) is 6.92 Å². The summed E-state index contributed by atoms with van der Waals surface area (Å²) in [5.74, 6) is 0. The van der Waals surface area contributed by atoms with Crippen LogP contribution in [-0.4, -0.2) is 11.7 Å². The van der Waals surface area contributed by atoms with Crippen molar-refractivity contribution in [3.63, 3.8) is 0 Å². The van der Waals surface area contributed by atoms with Crippen LogP contribution in [0.4, 0.5) is 0 Å². The third-order valence-electron chi connectivity index (χ3n) is 0.459. The largest absolute Gasteiger partial charge is 1.00 e. The van der Waals surface area contributed by atoms with Crippen LogP contribution in [0.5, 0.6) is 0 Å². The minimum atomic E-state index is 0. The summed E-state index contributed by atoms with van der Waals surface area (Å²) in [6.45, 7) is 7.61. The van der Waals surface area contributed by atoms with Gasteiger partial charge in [-0.25, -0.2) is 19.1 Å². The van der Waals surface area contributed by atoms with E-state index in [2.05, 4.69) is 6.92 Å². The van der Waals surface area contributed by atoms with Gasteiger partial charge in [-0.2, -0.15) is 0 Å². The van der Waals surface area contributed by atoms with Gasteiger partial charge >= 0.3 is 29.6 Å². The molecule has 0 aromatic carbocycles. The molecule has 0 bridgehead atoms. The number of allylic oxidation sites excluding steroid dienone is 2. The van der Waals surface area contributed by atoms with Crippen LogP contribution in [0.25, 0.3) is 0 Å². The fourth-order valence-corrected chi connectivity index (χ4v) is 0. The maximum Gasteiger partial charge on any atom is 1.00 e. The Labute approximate surface area is 80.5 Å². The van der Waals surface area contributed by atoms with E-state index in [1.54, 1.807) is 6.08 Å². The zero-order chi connectivity index (χ0) is 6.83. The van der Waals surface area contributed by atoms with E-state index < -0.39 is 0 Å². The second kappa shape index (κ2) is 23.5. The summed E-state index contributed by atoms with van der Waals surface area (Å²) >= 11 is 0. The quantitative estimate of drug-likeness (QED) is 0.356.